The van der Waals surface area contributed by atoms with Gasteiger partial charge in [0.15, 0.2) is 0 Å². The van der Waals surface area contributed by atoms with E-state index in [0.717, 1.165) is 0 Å². The van der Waals surface area contributed by atoms with Gasteiger partial charge in [0.2, 0.25) is 0 Å². The van der Waals surface area contributed by atoms with Gasteiger partial charge in [-0.1, -0.05) is 38.3 Å². The maximum Gasteiger partial charge on any atom is 0.0228 e. The van der Waals surface area contributed by atoms with Gasteiger partial charge in [0.25, 0.3) is 0 Å². The first-order chi connectivity index (χ1) is 5.22. The molecule has 1 aromatic carbocycles. The largest absolute Gasteiger partial charge is 0.171 e. The summed E-state index contributed by atoms with van der Waals surface area (Å²) in [6, 6.07) is 10.6. The fourth-order valence-electron chi connectivity index (χ4n) is 0.879. The van der Waals surface area contributed by atoms with Crippen molar-refractivity contribution in [2.24, 2.45) is 0 Å². The third kappa shape index (κ3) is 2.50. The highest BCUT2D eigenvalue weighted by molar-refractivity contribution is 7.92. The molecule has 0 aliphatic heterocycles. The Balaban J connectivity index is 2.77. The zero-order valence-corrected chi connectivity index (χ0v) is 8.65. The van der Waals surface area contributed by atoms with Crippen LogP contribution < -0.4 is 5.30 Å². The molecule has 2 atom stereocenters. The van der Waals surface area contributed by atoms with Crippen molar-refractivity contribution in [3.8, 4) is 0 Å². The molecule has 0 nitrogen and oxygen atoms in total. The van der Waals surface area contributed by atoms with E-state index in [1.807, 2.05) is 0 Å². The molecule has 0 N–H and O–H groups in total. The predicted octanol–water partition coefficient (Wildman–Crippen LogP) is 2.70. The average molecular weight is 184 g/mol. The minimum absolute atomic E-state index is 0.0705. The van der Waals surface area contributed by atoms with E-state index in [4.69, 9.17) is 0 Å². The fourth-order valence-corrected chi connectivity index (χ4v) is 2.35. The van der Waals surface area contributed by atoms with E-state index in [-0.39, 0.29) is 7.92 Å². The van der Waals surface area contributed by atoms with Gasteiger partial charge in [-0.3, -0.25) is 0 Å². The van der Waals surface area contributed by atoms with E-state index >= 15 is 0 Å². The highest BCUT2D eigenvalue weighted by Crippen LogP contribution is 2.37. The molecule has 11 heavy (non-hydrogen) atoms. The van der Waals surface area contributed by atoms with Crippen LogP contribution in [0, 0.1) is 0 Å². The summed E-state index contributed by atoms with van der Waals surface area (Å²) in [5.74, 6) is 0. The molecule has 0 spiro atoms. The van der Waals surface area contributed by atoms with Crippen LogP contribution in [0.1, 0.15) is 6.92 Å². The molecule has 0 fully saturated rings. The summed E-state index contributed by atoms with van der Waals surface area (Å²) in [5.41, 5.74) is 0. The van der Waals surface area contributed by atoms with Crippen molar-refractivity contribution in [2.75, 3.05) is 6.66 Å². The summed E-state index contributed by atoms with van der Waals surface area (Å²) in [6.45, 7) is 4.42. The molecule has 60 valence electrons. The van der Waals surface area contributed by atoms with E-state index in [9.17, 15) is 0 Å². The molecule has 0 amide bonds. The summed E-state index contributed by atoms with van der Waals surface area (Å²) < 4.78 is 0. The lowest BCUT2D eigenvalue weighted by molar-refractivity contribution is 1.41. The Morgan fingerprint density at radius 2 is 1.82 bits per heavy atom. The van der Waals surface area contributed by atoms with Crippen LogP contribution in [0.25, 0.3) is 0 Å². The molecular formula is C9H13PS. The van der Waals surface area contributed by atoms with Gasteiger partial charge in [-0.15, -0.1) is 0 Å². The van der Waals surface area contributed by atoms with Gasteiger partial charge in [-0.05, 0) is 18.9 Å². The van der Waals surface area contributed by atoms with Crippen molar-refractivity contribution < 1.29 is 0 Å². The van der Waals surface area contributed by atoms with Crippen LogP contribution in [0.2, 0.25) is 0 Å². The summed E-state index contributed by atoms with van der Waals surface area (Å²) >= 11 is 4.43. The van der Waals surface area contributed by atoms with Gasteiger partial charge in [0, 0.05) is 4.99 Å². The average Bonchev–Trinajstić information content (AvgIpc) is 2.05. The highest BCUT2D eigenvalue weighted by Gasteiger charge is 2.07. The smallest absolute Gasteiger partial charge is 0.0228 e. The topological polar surface area (TPSA) is 0 Å². The monoisotopic (exact) mass is 184 g/mol. The van der Waals surface area contributed by atoms with Crippen LogP contribution in [-0.4, -0.2) is 11.7 Å². The number of hydrogen-bond acceptors (Lipinski definition) is 1. The Hall–Kier alpha value is 0. The first-order valence-electron chi connectivity index (χ1n) is 3.68. The Kier molecular flexibility index (Phi) is 3.42. The number of benzene rings is 1. The molecule has 0 saturated carbocycles. The maximum atomic E-state index is 4.43. The lowest BCUT2D eigenvalue weighted by Crippen LogP contribution is -2.03. The third-order valence-electron chi connectivity index (χ3n) is 1.72. The van der Waals surface area contributed by atoms with Gasteiger partial charge in [0.1, 0.15) is 0 Å². The quantitative estimate of drug-likeness (QED) is 0.530. The van der Waals surface area contributed by atoms with E-state index < -0.39 is 0 Å². The molecule has 2 heteroatoms. The molecule has 1 rings (SSSR count). The molecule has 0 heterocycles. The SMILES string of the molecule is C[C@H](S)P(C)c1ccccc1. The van der Waals surface area contributed by atoms with E-state index in [0.29, 0.717) is 4.99 Å². The Bertz CT molecular complexity index is 208. The first-order valence-corrected chi connectivity index (χ1v) is 6.05. The van der Waals surface area contributed by atoms with Crippen molar-refractivity contribution in [3.63, 3.8) is 0 Å². The van der Waals surface area contributed by atoms with Crippen molar-refractivity contribution in [1.29, 1.82) is 0 Å². The van der Waals surface area contributed by atoms with Crippen LogP contribution in [0.4, 0.5) is 0 Å². The second-order valence-electron chi connectivity index (χ2n) is 2.58. The van der Waals surface area contributed by atoms with E-state index in [1.165, 1.54) is 5.30 Å². The van der Waals surface area contributed by atoms with Crippen molar-refractivity contribution >= 4 is 25.9 Å². The zero-order valence-electron chi connectivity index (χ0n) is 6.86. The van der Waals surface area contributed by atoms with Crippen LogP contribution >= 0.6 is 20.6 Å². The van der Waals surface area contributed by atoms with Gasteiger partial charge in [0.05, 0.1) is 0 Å². The second-order valence-corrected chi connectivity index (χ2v) is 6.27. The lowest BCUT2D eigenvalue weighted by atomic mass is 10.4. The minimum atomic E-state index is -0.0705. The number of rotatable bonds is 2. The summed E-state index contributed by atoms with van der Waals surface area (Å²) in [5, 5.41) is 1.44. The lowest BCUT2D eigenvalue weighted by Gasteiger charge is -2.15. The molecule has 1 aromatic rings. The van der Waals surface area contributed by atoms with Crippen LogP contribution in [0.5, 0.6) is 0 Å². The van der Waals surface area contributed by atoms with Crippen LogP contribution in [-0.2, 0) is 0 Å². The first kappa shape index (κ1) is 9.09. The van der Waals surface area contributed by atoms with Gasteiger partial charge in [-0.25, -0.2) is 0 Å². The summed E-state index contributed by atoms with van der Waals surface area (Å²) in [6.07, 6.45) is 0. The molecule has 0 radical (unpaired) electrons. The maximum absolute atomic E-state index is 4.43. The number of thiol groups is 1. The van der Waals surface area contributed by atoms with Crippen LogP contribution in [0.15, 0.2) is 30.3 Å². The van der Waals surface area contributed by atoms with Gasteiger partial charge < -0.3 is 0 Å². The molecule has 0 bridgehead atoms. The van der Waals surface area contributed by atoms with Crippen molar-refractivity contribution in [2.45, 2.75) is 11.9 Å². The molecule has 0 aliphatic carbocycles. The highest BCUT2D eigenvalue weighted by atomic mass is 32.1. The molecule has 0 aliphatic rings. The number of hydrogen-bond donors (Lipinski definition) is 1. The summed E-state index contributed by atoms with van der Waals surface area (Å²) in [4.78, 5) is 0.493. The molecule has 0 saturated heterocycles. The van der Waals surface area contributed by atoms with E-state index in [1.54, 1.807) is 0 Å². The Morgan fingerprint density at radius 1 is 1.27 bits per heavy atom. The predicted molar refractivity (Wildman–Crippen MR) is 57.4 cm³/mol. The molecule has 0 aromatic heterocycles. The standard InChI is InChI=1S/C9H13PS/c1-8(11)10(2)9-6-4-3-5-7-9/h3-8,11H,1-2H3/t8-,10?/m0/s1. The van der Waals surface area contributed by atoms with Crippen molar-refractivity contribution in [1.82, 2.24) is 0 Å². The van der Waals surface area contributed by atoms with Crippen LogP contribution in [0.3, 0.4) is 0 Å². The van der Waals surface area contributed by atoms with E-state index in [2.05, 4.69) is 56.5 Å². The Morgan fingerprint density at radius 3 is 2.27 bits per heavy atom. The molecular weight excluding hydrogens is 171 g/mol. The zero-order chi connectivity index (χ0) is 8.27. The summed E-state index contributed by atoms with van der Waals surface area (Å²) in [7, 11) is -0.0705. The fraction of sp³-hybridized carbons (Fsp3) is 0.333. The third-order valence-corrected chi connectivity index (χ3v) is 5.00. The minimum Gasteiger partial charge on any atom is -0.171 e. The van der Waals surface area contributed by atoms with Gasteiger partial charge in [-0.2, -0.15) is 12.6 Å². The normalized spacial score (nSPS) is 15.9. The molecule has 1 unspecified atom stereocenters. The van der Waals surface area contributed by atoms with Gasteiger partial charge >= 0.3 is 0 Å². The Labute approximate surface area is 75.2 Å². The second kappa shape index (κ2) is 4.13. The van der Waals surface area contributed by atoms with Crippen molar-refractivity contribution in [3.05, 3.63) is 30.3 Å².